The van der Waals surface area contributed by atoms with Crippen molar-refractivity contribution in [3.8, 4) is 0 Å². The van der Waals surface area contributed by atoms with Gasteiger partial charge in [0.15, 0.2) is 0 Å². The van der Waals surface area contributed by atoms with Gasteiger partial charge in [-0.05, 0) is 51.4 Å². The van der Waals surface area contributed by atoms with E-state index in [0.29, 0.717) is 12.1 Å². The maximum atomic E-state index is 3.63. The maximum absolute atomic E-state index is 3.63. The Morgan fingerprint density at radius 3 is 2.72 bits per heavy atom. The van der Waals surface area contributed by atoms with Crippen molar-refractivity contribution < 1.29 is 0 Å². The Bertz CT molecular complexity index is 390. The van der Waals surface area contributed by atoms with E-state index >= 15 is 0 Å². The van der Waals surface area contributed by atoms with Gasteiger partial charge in [-0.2, -0.15) is 0 Å². The van der Waals surface area contributed by atoms with Crippen LogP contribution >= 0.6 is 15.9 Å². The summed E-state index contributed by atoms with van der Waals surface area (Å²) in [6, 6.07) is 10.4. The van der Waals surface area contributed by atoms with Gasteiger partial charge < -0.3 is 5.32 Å². The summed E-state index contributed by atoms with van der Waals surface area (Å²) in [6.45, 7) is 5.57. The maximum Gasteiger partial charge on any atom is 0.0292 e. The van der Waals surface area contributed by atoms with E-state index in [1.165, 1.54) is 18.4 Å². The summed E-state index contributed by atoms with van der Waals surface area (Å²) in [5, 5.41) is 3.63. The molecule has 1 saturated carbocycles. The highest BCUT2D eigenvalue weighted by Crippen LogP contribution is 2.27. The van der Waals surface area contributed by atoms with E-state index in [1.807, 2.05) is 0 Å². The SMILES string of the molecule is CC(NCC(C)N(C)C1CC1)c1cccc(Br)c1. The lowest BCUT2D eigenvalue weighted by molar-refractivity contribution is 0.237. The number of rotatable bonds is 6. The van der Waals surface area contributed by atoms with Gasteiger partial charge in [0.05, 0.1) is 0 Å². The van der Waals surface area contributed by atoms with Crippen molar-refractivity contribution in [2.24, 2.45) is 0 Å². The van der Waals surface area contributed by atoms with Crippen molar-refractivity contribution in [2.75, 3.05) is 13.6 Å². The minimum atomic E-state index is 0.401. The number of nitrogens with one attached hydrogen (secondary N) is 1. The molecule has 1 aromatic carbocycles. The summed E-state index contributed by atoms with van der Waals surface area (Å²) in [7, 11) is 2.24. The van der Waals surface area contributed by atoms with Gasteiger partial charge in [-0.1, -0.05) is 28.1 Å². The van der Waals surface area contributed by atoms with Gasteiger partial charge in [-0.15, -0.1) is 0 Å². The van der Waals surface area contributed by atoms with Crippen molar-refractivity contribution in [1.82, 2.24) is 10.2 Å². The Labute approximate surface area is 119 Å². The fraction of sp³-hybridized carbons (Fsp3) is 0.600. The lowest BCUT2D eigenvalue weighted by atomic mass is 10.1. The zero-order valence-electron chi connectivity index (χ0n) is 11.5. The summed E-state index contributed by atoms with van der Waals surface area (Å²) in [5.41, 5.74) is 1.34. The van der Waals surface area contributed by atoms with Gasteiger partial charge in [-0.25, -0.2) is 0 Å². The van der Waals surface area contributed by atoms with Crippen LogP contribution in [0.15, 0.2) is 28.7 Å². The molecule has 0 saturated heterocycles. The summed E-state index contributed by atoms with van der Waals surface area (Å²) < 4.78 is 1.15. The first-order valence-electron chi connectivity index (χ1n) is 6.78. The Morgan fingerprint density at radius 1 is 1.39 bits per heavy atom. The first-order chi connectivity index (χ1) is 8.58. The highest BCUT2D eigenvalue weighted by Gasteiger charge is 2.28. The van der Waals surface area contributed by atoms with E-state index in [1.54, 1.807) is 0 Å². The minimum absolute atomic E-state index is 0.401. The summed E-state index contributed by atoms with van der Waals surface area (Å²) in [6.07, 6.45) is 2.75. The van der Waals surface area contributed by atoms with Gasteiger partial charge in [-0.3, -0.25) is 4.90 Å². The monoisotopic (exact) mass is 310 g/mol. The van der Waals surface area contributed by atoms with E-state index in [-0.39, 0.29) is 0 Å². The molecule has 1 fully saturated rings. The molecule has 2 unspecified atom stereocenters. The van der Waals surface area contributed by atoms with Crippen molar-refractivity contribution in [1.29, 1.82) is 0 Å². The van der Waals surface area contributed by atoms with Gasteiger partial charge in [0.2, 0.25) is 0 Å². The predicted molar refractivity (Wildman–Crippen MR) is 80.8 cm³/mol. The molecule has 0 bridgehead atoms. The van der Waals surface area contributed by atoms with Crippen molar-refractivity contribution >= 4 is 15.9 Å². The van der Waals surface area contributed by atoms with E-state index in [0.717, 1.165) is 17.1 Å². The van der Waals surface area contributed by atoms with E-state index in [9.17, 15) is 0 Å². The molecule has 0 spiro atoms. The second-order valence-electron chi connectivity index (χ2n) is 5.43. The third-order valence-electron chi connectivity index (χ3n) is 3.89. The van der Waals surface area contributed by atoms with Gasteiger partial charge in [0.25, 0.3) is 0 Å². The standard InChI is InChI=1S/C15H23BrN2/c1-11(18(3)15-7-8-15)10-17-12(2)13-5-4-6-14(16)9-13/h4-6,9,11-12,15,17H,7-8,10H2,1-3H3. The van der Waals surface area contributed by atoms with Crippen LogP contribution in [0.1, 0.15) is 38.3 Å². The molecule has 3 heteroatoms. The first-order valence-corrected chi connectivity index (χ1v) is 7.58. The molecule has 2 atom stereocenters. The number of likely N-dealkylation sites (N-methyl/N-ethyl adjacent to an activating group) is 1. The molecule has 2 nitrogen and oxygen atoms in total. The van der Waals surface area contributed by atoms with E-state index < -0.39 is 0 Å². The van der Waals surface area contributed by atoms with Crippen LogP contribution in [-0.4, -0.2) is 30.6 Å². The predicted octanol–water partition coefficient (Wildman–Crippen LogP) is 3.58. The van der Waals surface area contributed by atoms with Crippen LogP contribution in [0.3, 0.4) is 0 Å². The second-order valence-corrected chi connectivity index (χ2v) is 6.35. The highest BCUT2D eigenvalue weighted by atomic mass is 79.9. The smallest absolute Gasteiger partial charge is 0.0292 e. The molecule has 0 aliphatic heterocycles. The summed E-state index contributed by atoms with van der Waals surface area (Å²) in [5.74, 6) is 0. The van der Waals surface area contributed by atoms with Crippen LogP contribution in [0.25, 0.3) is 0 Å². The average molecular weight is 311 g/mol. The number of hydrogen-bond donors (Lipinski definition) is 1. The number of benzene rings is 1. The minimum Gasteiger partial charge on any atom is -0.309 e. The molecule has 0 radical (unpaired) electrons. The first kappa shape index (κ1) is 14.0. The molecular weight excluding hydrogens is 288 g/mol. The Morgan fingerprint density at radius 2 is 2.11 bits per heavy atom. The molecule has 2 rings (SSSR count). The quantitative estimate of drug-likeness (QED) is 0.864. The van der Waals surface area contributed by atoms with Gasteiger partial charge in [0.1, 0.15) is 0 Å². The van der Waals surface area contributed by atoms with Crippen LogP contribution in [0, 0.1) is 0 Å². The van der Waals surface area contributed by atoms with Crippen LogP contribution in [0.2, 0.25) is 0 Å². The molecule has 0 aromatic heterocycles. The second kappa shape index (κ2) is 6.18. The molecule has 1 aliphatic carbocycles. The topological polar surface area (TPSA) is 15.3 Å². The zero-order chi connectivity index (χ0) is 13.1. The number of nitrogens with zero attached hydrogens (tertiary/aromatic N) is 1. The van der Waals surface area contributed by atoms with Crippen LogP contribution in [-0.2, 0) is 0 Å². The van der Waals surface area contributed by atoms with Crippen molar-refractivity contribution in [3.63, 3.8) is 0 Å². The van der Waals surface area contributed by atoms with E-state index in [4.69, 9.17) is 0 Å². The summed E-state index contributed by atoms with van der Waals surface area (Å²) in [4.78, 5) is 2.50. The Hall–Kier alpha value is -0.380. The Kier molecular flexibility index (Phi) is 4.82. The van der Waals surface area contributed by atoms with Crippen LogP contribution in [0.4, 0.5) is 0 Å². The number of halogens is 1. The fourth-order valence-corrected chi connectivity index (χ4v) is 2.64. The average Bonchev–Trinajstić information content (AvgIpc) is 3.18. The van der Waals surface area contributed by atoms with Crippen LogP contribution < -0.4 is 5.32 Å². The van der Waals surface area contributed by atoms with Gasteiger partial charge >= 0.3 is 0 Å². The fourth-order valence-electron chi connectivity index (χ4n) is 2.23. The normalized spacial score (nSPS) is 18.9. The molecule has 0 amide bonds. The van der Waals surface area contributed by atoms with Crippen molar-refractivity contribution in [3.05, 3.63) is 34.3 Å². The van der Waals surface area contributed by atoms with Gasteiger partial charge in [0, 0.05) is 29.1 Å². The lowest BCUT2D eigenvalue weighted by Gasteiger charge is -2.26. The van der Waals surface area contributed by atoms with Crippen molar-refractivity contribution in [2.45, 2.75) is 44.8 Å². The molecule has 1 aromatic rings. The Balaban J connectivity index is 1.82. The third kappa shape index (κ3) is 3.81. The molecule has 1 aliphatic rings. The van der Waals surface area contributed by atoms with Crippen LogP contribution in [0.5, 0.6) is 0 Å². The number of hydrogen-bond acceptors (Lipinski definition) is 2. The lowest BCUT2D eigenvalue weighted by Crippen LogP contribution is -2.39. The molecular formula is C15H23BrN2. The largest absolute Gasteiger partial charge is 0.309 e. The van der Waals surface area contributed by atoms with E-state index in [2.05, 4.69) is 71.3 Å². The summed E-state index contributed by atoms with van der Waals surface area (Å²) >= 11 is 3.53. The molecule has 18 heavy (non-hydrogen) atoms. The molecule has 1 N–H and O–H groups in total. The molecule has 0 heterocycles. The zero-order valence-corrected chi connectivity index (χ0v) is 13.1. The molecule has 100 valence electrons. The third-order valence-corrected chi connectivity index (χ3v) is 4.38. The highest BCUT2D eigenvalue weighted by molar-refractivity contribution is 9.10.